The highest BCUT2D eigenvalue weighted by molar-refractivity contribution is 5.95. The molecule has 0 heterocycles. The van der Waals surface area contributed by atoms with E-state index < -0.39 is 0 Å². The van der Waals surface area contributed by atoms with Crippen LogP contribution >= 0.6 is 0 Å². The van der Waals surface area contributed by atoms with E-state index in [9.17, 15) is 4.79 Å². The maximum atomic E-state index is 12.2. The highest BCUT2D eigenvalue weighted by Crippen LogP contribution is 2.13. The molecule has 0 aliphatic rings. The summed E-state index contributed by atoms with van der Waals surface area (Å²) in [5, 5.41) is 3.09. The SMILES string of the molecule is CCCCC(CC)CNC(=O)c1cc(C)ccc1C. The second kappa shape index (κ2) is 7.98. The van der Waals surface area contributed by atoms with Gasteiger partial charge in [0.15, 0.2) is 0 Å². The van der Waals surface area contributed by atoms with E-state index >= 15 is 0 Å². The van der Waals surface area contributed by atoms with Crippen LogP contribution in [0.4, 0.5) is 0 Å². The Balaban J connectivity index is 2.56. The molecule has 1 atom stereocenters. The predicted octanol–water partition coefficient (Wildman–Crippen LogP) is 4.25. The Morgan fingerprint density at radius 3 is 2.63 bits per heavy atom. The zero-order chi connectivity index (χ0) is 14.3. The molecule has 0 aliphatic carbocycles. The molecule has 1 amide bonds. The Hall–Kier alpha value is -1.31. The molecule has 19 heavy (non-hydrogen) atoms. The molecule has 0 aliphatic heterocycles. The molecule has 2 nitrogen and oxygen atoms in total. The van der Waals surface area contributed by atoms with Gasteiger partial charge in [0.2, 0.25) is 0 Å². The molecule has 0 bridgehead atoms. The Labute approximate surface area is 117 Å². The molecule has 1 aromatic carbocycles. The summed E-state index contributed by atoms with van der Waals surface area (Å²) in [6.45, 7) is 9.21. The van der Waals surface area contributed by atoms with Crippen LogP contribution in [0, 0.1) is 19.8 Å². The zero-order valence-corrected chi connectivity index (χ0v) is 12.8. The fourth-order valence-corrected chi connectivity index (χ4v) is 2.26. The first kappa shape index (κ1) is 15.7. The second-order valence-electron chi connectivity index (χ2n) is 5.44. The quantitative estimate of drug-likeness (QED) is 0.781. The van der Waals surface area contributed by atoms with Gasteiger partial charge in [0.25, 0.3) is 5.91 Å². The van der Waals surface area contributed by atoms with E-state index in [0.29, 0.717) is 5.92 Å². The minimum Gasteiger partial charge on any atom is -0.352 e. The highest BCUT2D eigenvalue weighted by atomic mass is 16.1. The Morgan fingerprint density at radius 2 is 2.00 bits per heavy atom. The zero-order valence-electron chi connectivity index (χ0n) is 12.8. The summed E-state index contributed by atoms with van der Waals surface area (Å²) >= 11 is 0. The van der Waals surface area contributed by atoms with Gasteiger partial charge >= 0.3 is 0 Å². The Kier molecular flexibility index (Phi) is 6.61. The topological polar surface area (TPSA) is 29.1 Å². The van der Waals surface area contributed by atoms with Crippen molar-refractivity contribution in [3.63, 3.8) is 0 Å². The smallest absolute Gasteiger partial charge is 0.251 e. The van der Waals surface area contributed by atoms with Gasteiger partial charge in [0.1, 0.15) is 0 Å². The van der Waals surface area contributed by atoms with E-state index in [1.807, 2.05) is 32.0 Å². The molecule has 1 N–H and O–H groups in total. The van der Waals surface area contributed by atoms with Crippen molar-refractivity contribution < 1.29 is 4.79 Å². The third kappa shape index (κ3) is 5.06. The van der Waals surface area contributed by atoms with Gasteiger partial charge < -0.3 is 5.32 Å². The molecule has 0 spiro atoms. The van der Waals surface area contributed by atoms with Crippen LogP contribution in [0.25, 0.3) is 0 Å². The lowest BCUT2D eigenvalue weighted by molar-refractivity contribution is 0.0945. The molecule has 0 aromatic heterocycles. The second-order valence-corrected chi connectivity index (χ2v) is 5.44. The van der Waals surface area contributed by atoms with Crippen LogP contribution in [-0.2, 0) is 0 Å². The van der Waals surface area contributed by atoms with Gasteiger partial charge in [0, 0.05) is 12.1 Å². The van der Waals surface area contributed by atoms with E-state index in [0.717, 1.165) is 29.7 Å². The van der Waals surface area contributed by atoms with Crippen molar-refractivity contribution in [2.75, 3.05) is 6.54 Å². The molecule has 0 saturated carbocycles. The number of carbonyl (C=O) groups is 1. The number of hydrogen-bond acceptors (Lipinski definition) is 1. The van der Waals surface area contributed by atoms with Crippen LogP contribution < -0.4 is 5.32 Å². The summed E-state index contributed by atoms with van der Waals surface area (Å²) < 4.78 is 0. The summed E-state index contributed by atoms with van der Waals surface area (Å²) in [5.74, 6) is 0.671. The molecule has 0 fully saturated rings. The number of amides is 1. The van der Waals surface area contributed by atoms with Gasteiger partial charge in [-0.3, -0.25) is 4.79 Å². The fourth-order valence-electron chi connectivity index (χ4n) is 2.26. The van der Waals surface area contributed by atoms with Crippen LogP contribution in [0.2, 0.25) is 0 Å². The largest absolute Gasteiger partial charge is 0.352 e. The molecule has 1 aromatic rings. The van der Waals surface area contributed by atoms with Crippen LogP contribution in [0.1, 0.15) is 61.0 Å². The van der Waals surface area contributed by atoms with Gasteiger partial charge in [-0.05, 0) is 37.8 Å². The number of unbranched alkanes of at least 4 members (excludes halogenated alkanes) is 1. The Morgan fingerprint density at radius 1 is 1.26 bits per heavy atom. The lowest BCUT2D eigenvalue weighted by atomic mass is 9.99. The molecule has 106 valence electrons. The average molecular weight is 261 g/mol. The lowest BCUT2D eigenvalue weighted by Crippen LogP contribution is -2.29. The first-order chi connectivity index (χ1) is 9.08. The van der Waals surface area contributed by atoms with Crippen molar-refractivity contribution in [3.8, 4) is 0 Å². The minimum absolute atomic E-state index is 0.0659. The highest BCUT2D eigenvalue weighted by Gasteiger charge is 2.11. The molecule has 0 radical (unpaired) electrons. The number of nitrogens with one attached hydrogen (secondary N) is 1. The molecule has 1 unspecified atom stereocenters. The van der Waals surface area contributed by atoms with E-state index in [4.69, 9.17) is 0 Å². The number of hydrogen-bond donors (Lipinski definition) is 1. The van der Waals surface area contributed by atoms with Crippen LogP contribution in [0.5, 0.6) is 0 Å². The van der Waals surface area contributed by atoms with E-state index in [2.05, 4.69) is 19.2 Å². The summed E-state index contributed by atoms with van der Waals surface area (Å²) in [4.78, 5) is 12.2. The van der Waals surface area contributed by atoms with Gasteiger partial charge in [-0.2, -0.15) is 0 Å². The first-order valence-electron chi connectivity index (χ1n) is 7.43. The number of benzene rings is 1. The molecular formula is C17H27NO. The van der Waals surface area contributed by atoms with Crippen molar-refractivity contribution in [1.29, 1.82) is 0 Å². The summed E-state index contributed by atoms with van der Waals surface area (Å²) in [5.41, 5.74) is 2.99. The van der Waals surface area contributed by atoms with Crippen molar-refractivity contribution >= 4 is 5.91 Å². The van der Waals surface area contributed by atoms with Gasteiger partial charge in [-0.25, -0.2) is 0 Å². The van der Waals surface area contributed by atoms with E-state index in [-0.39, 0.29) is 5.91 Å². The third-order valence-corrected chi connectivity index (χ3v) is 3.73. The van der Waals surface area contributed by atoms with E-state index in [1.165, 1.54) is 19.3 Å². The van der Waals surface area contributed by atoms with Crippen molar-refractivity contribution in [3.05, 3.63) is 34.9 Å². The predicted molar refractivity (Wildman–Crippen MR) is 81.6 cm³/mol. The van der Waals surface area contributed by atoms with E-state index in [1.54, 1.807) is 0 Å². The van der Waals surface area contributed by atoms with Gasteiger partial charge in [-0.1, -0.05) is 50.8 Å². The van der Waals surface area contributed by atoms with Gasteiger partial charge in [0.05, 0.1) is 0 Å². The summed E-state index contributed by atoms with van der Waals surface area (Å²) in [6.07, 6.45) is 4.81. The van der Waals surface area contributed by atoms with Crippen LogP contribution in [0.15, 0.2) is 18.2 Å². The first-order valence-corrected chi connectivity index (χ1v) is 7.43. The minimum atomic E-state index is 0.0659. The number of rotatable bonds is 7. The molecule has 0 saturated heterocycles. The Bertz CT molecular complexity index is 412. The van der Waals surface area contributed by atoms with Crippen molar-refractivity contribution in [2.24, 2.45) is 5.92 Å². The number of aryl methyl sites for hydroxylation is 2. The molecule has 1 rings (SSSR count). The monoisotopic (exact) mass is 261 g/mol. The van der Waals surface area contributed by atoms with Crippen molar-refractivity contribution in [2.45, 2.75) is 53.4 Å². The summed E-state index contributed by atoms with van der Waals surface area (Å²) in [7, 11) is 0. The maximum Gasteiger partial charge on any atom is 0.251 e. The standard InChI is InChI=1S/C17H27NO/c1-5-7-8-15(6-2)12-18-17(19)16-11-13(3)9-10-14(16)4/h9-11,15H,5-8,12H2,1-4H3,(H,18,19). The molecule has 2 heteroatoms. The fraction of sp³-hybridized carbons (Fsp3) is 0.588. The summed E-state index contributed by atoms with van der Waals surface area (Å²) in [6, 6.07) is 6.03. The lowest BCUT2D eigenvalue weighted by Gasteiger charge is -2.16. The van der Waals surface area contributed by atoms with Crippen LogP contribution in [0.3, 0.4) is 0 Å². The van der Waals surface area contributed by atoms with Crippen molar-refractivity contribution in [1.82, 2.24) is 5.32 Å². The maximum absolute atomic E-state index is 12.2. The molecular weight excluding hydrogens is 234 g/mol. The number of carbonyl (C=O) groups excluding carboxylic acids is 1. The van der Waals surface area contributed by atoms with Crippen LogP contribution in [-0.4, -0.2) is 12.5 Å². The average Bonchev–Trinajstić information content (AvgIpc) is 2.41. The normalized spacial score (nSPS) is 12.2. The van der Waals surface area contributed by atoms with Gasteiger partial charge in [-0.15, -0.1) is 0 Å². The third-order valence-electron chi connectivity index (χ3n) is 3.73.